The first-order valence-electron chi connectivity index (χ1n) is 10.4. The Kier molecular flexibility index (Phi) is 4.30. The summed E-state index contributed by atoms with van der Waals surface area (Å²) in [5.74, 6) is 0. The second kappa shape index (κ2) is 6.58. The number of nitrogens with two attached hydrogens (primary N) is 1. The molecule has 6 nitrogen and oxygen atoms in total. The van der Waals surface area contributed by atoms with E-state index in [4.69, 9.17) is 35.9 Å². The monoisotopic (exact) mass is 398 g/mol. The van der Waals surface area contributed by atoms with E-state index in [-0.39, 0.29) is 17.5 Å². The van der Waals surface area contributed by atoms with Crippen molar-refractivity contribution < 1.29 is 9.47 Å². The smallest absolute Gasteiger partial charge is 0.281 e. The number of aromatic nitrogens is 2. The van der Waals surface area contributed by atoms with Gasteiger partial charge in [-0.1, -0.05) is 12.1 Å². The Morgan fingerprint density at radius 1 is 1.23 bits per heavy atom. The maximum atomic E-state index is 6.62. The van der Waals surface area contributed by atoms with Crippen molar-refractivity contribution in [1.82, 2.24) is 9.97 Å². The quantitative estimate of drug-likeness (QED) is 0.784. The summed E-state index contributed by atoms with van der Waals surface area (Å²) in [6.45, 7) is 1.97. The van der Waals surface area contributed by atoms with E-state index >= 15 is 0 Å². The van der Waals surface area contributed by atoms with Crippen LogP contribution in [0.15, 0.2) is 35.7 Å². The highest BCUT2D eigenvalue weighted by atomic mass is 16.5. The minimum atomic E-state index is -1.52. The topological polar surface area (TPSA) is 82.6 Å². The molecule has 2 aliphatic carbocycles. The maximum Gasteiger partial charge on any atom is 0.281 e. The van der Waals surface area contributed by atoms with Crippen LogP contribution in [0.5, 0.6) is 0 Å². The second-order valence-electron chi connectivity index (χ2n) is 8.84. The number of hydrogen-bond acceptors (Lipinski definition) is 6. The third-order valence-electron chi connectivity index (χ3n) is 7.36. The van der Waals surface area contributed by atoms with Gasteiger partial charge in [-0.3, -0.25) is 0 Å². The van der Waals surface area contributed by atoms with Gasteiger partial charge in [-0.25, -0.2) is 15.0 Å². The molecule has 3 aliphatic rings. The summed E-state index contributed by atoms with van der Waals surface area (Å²) in [4.78, 5) is 13.4. The van der Waals surface area contributed by atoms with Crippen LogP contribution in [0.25, 0.3) is 11.1 Å². The molecular formula is C22H24B2N4O2. The standard InChI is InChI=1S/C22H24B2N4O2/c1-13-17(11-26-12-27-13)14-3-4-15-10-20(7-5-16(29-2)6-8-20)21(18(15)9-14)22(23,24)30-19(25)28-21/h3-4,9,11-12,16H,5-8,10H2,1-2H3,(H2,25,28)/t16?,20?,21-/m0/s1. The molecule has 30 heavy (non-hydrogen) atoms. The SMILES string of the molecule is [B]C1([B])OC(N)=N[C@]12c1cc(-c3cncnc3C)ccc1CC21CCC(OC)CC1. The number of aryl methyl sites for hydroxylation is 1. The Hall–Kier alpha value is -2.34. The lowest BCUT2D eigenvalue weighted by Gasteiger charge is -2.52. The number of benzene rings is 1. The van der Waals surface area contributed by atoms with Crippen molar-refractivity contribution in [3.8, 4) is 11.1 Å². The molecule has 150 valence electrons. The lowest BCUT2D eigenvalue weighted by atomic mass is 9.45. The van der Waals surface area contributed by atoms with Gasteiger partial charge in [-0.15, -0.1) is 0 Å². The first kappa shape index (κ1) is 19.6. The van der Waals surface area contributed by atoms with Crippen LogP contribution < -0.4 is 5.73 Å². The molecule has 2 spiro atoms. The zero-order valence-electron chi connectivity index (χ0n) is 17.4. The van der Waals surface area contributed by atoms with Crippen molar-refractivity contribution in [2.75, 3.05) is 7.11 Å². The average Bonchev–Trinajstić information content (AvgIpc) is 3.13. The molecule has 0 unspecified atom stereocenters. The molecule has 0 saturated heterocycles. The van der Waals surface area contributed by atoms with E-state index in [2.05, 4.69) is 28.2 Å². The average molecular weight is 398 g/mol. The zero-order chi connectivity index (χ0) is 21.1. The first-order chi connectivity index (χ1) is 14.3. The van der Waals surface area contributed by atoms with Gasteiger partial charge in [0.25, 0.3) is 6.02 Å². The molecule has 5 rings (SSSR count). The van der Waals surface area contributed by atoms with Crippen LogP contribution in [-0.2, 0) is 21.4 Å². The Balaban J connectivity index is 1.70. The molecule has 1 atom stereocenters. The molecule has 1 aliphatic heterocycles. The summed E-state index contributed by atoms with van der Waals surface area (Å²) in [7, 11) is 15.0. The number of nitrogens with zero attached hydrogens (tertiary/aromatic N) is 3. The van der Waals surface area contributed by atoms with Crippen molar-refractivity contribution >= 4 is 21.7 Å². The Labute approximate surface area is 179 Å². The minimum Gasteiger partial charge on any atom is -0.476 e. The molecule has 1 saturated carbocycles. The van der Waals surface area contributed by atoms with Gasteiger partial charge in [0.15, 0.2) is 0 Å². The molecule has 4 radical (unpaired) electrons. The highest BCUT2D eigenvalue weighted by molar-refractivity contribution is 6.41. The van der Waals surface area contributed by atoms with E-state index in [0.29, 0.717) is 0 Å². The molecule has 1 aromatic carbocycles. The largest absolute Gasteiger partial charge is 0.476 e. The normalized spacial score (nSPS) is 31.5. The fourth-order valence-electron chi connectivity index (χ4n) is 5.93. The van der Waals surface area contributed by atoms with Gasteiger partial charge in [0.1, 0.15) is 27.6 Å². The number of aliphatic imine (C=N–C) groups is 1. The van der Waals surface area contributed by atoms with Crippen LogP contribution >= 0.6 is 0 Å². The highest BCUT2D eigenvalue weighted by Crippen LogP contribution is 2.65. The van der Waals surface area contributed by atoms with E-state index in [1.165, 1.54) is 5.56 Å². The number of amidine groups is 1. The van der Waals surface area contributed by atoms with Gasteiger partial charge in [-0.2, -0.15) is 0 Å². The van der Waals surface area contributed by atoms with Crippen LogP contribution in [0, 0.1) is 12.3 Å². The molecule has 0 amide bonds. The molecule has 0 bridgehead atoms. The van der Waals surface area contributed by atoms with Gasteiger partial charge >= 0.3 is 0 Å². The van der Waals surface area contributed by atoms with Crippen LogP contribution in [0.4, 0.5) is 0 Å². The summed E-state index contributed by atoms with van der Waals surface area (Å²) in [5, 5.41) is -1.52. The van der Waals surface area contributed by atoms with Crippen molar-refractivity contribution in [3.63, 3.8) is 0 Å². The summed E-state index contributed by atoms with van der Waals surface area (Å²) in [6, 6.07) is 6.43. The minimum absolute atomic E-state index is 0.0470. The third kappa shape index (κ3) is 2.52. The van der Waals surface area contributed by atoms with E-state index in [9.17, 15) is 0 Å². The van der Waals surface area contributed by atoms with Crippen molar-refractivity contribution in [3.05, 3.63) is 47.5 Å². The van der Waals surface area contributed by atoms with E-state index in [1.54, 1.807) is 13.4 Å². The molecule has 1 aromatic heterocycles. The van der Waals surface area contributed by atoms with E-state index < -0.39 is 10.9 Å². The van der Waals surface area contributed by atoms with Gasteiger partial charge in [0.05, 0.1) is 11.5 Å². The number of fused-ring (bicyclic) bond motifs is 3. The number of ether oxygens (including phenoxy) is 2. The van der Waals surface area contributed by atoms with Gasteiger partial charge in [0, 0.05) is 30.0 Å². The van der Waals surface area contributed by atoms with Crippen LogP contribution in [0.1, 0.15) is 42.5 Å². The Morgan fingerprint density at radius 3 is 2.63 bits per heavy atom. The molecule has 1 fully saturated rings. The highest BCUT2D eigenvalue weighted by Gasteiger charge is 2.67. The van der Waals surface area contributed by atoms with E-state index in [1.807, 2.05) is 13.1 Å². The summed E-state index contributed by atoms with van der Waals surface area (Å²) in [5.41, 5.74) is 9.90. The molecule has 2 N–H and O–H groups in total. The number of methoxy groups -OCH3 is 1. The third-order valence-corrected chi connectivity index (χ3v) is 7.36. The maximum absolute atomic E-state index is 6.62. The summed E-state index contributed by atoms with van der Waals surface area (Å²) < 4.78 is 11.3. The summed E-state index contributed by atoms with van der Waals surface area (Å²) in [6.07, 6.45) is 8.08. The summed E-state index contributed by atoms with van der Waals surface area (Å²) >= 11 is 0. The Bertz CT molecular complexity index is 1030. The van der Waals surface area contributed by atoms with Crippen LogP contribution in [0.2, 0.25) is 0 Å². The van der Waals surface area contributed by atoms with Crippen LogP contribution in [-0.4, -0.2) is 50.3 Å². The predicted molar refractivity (Wildman–Crippen MR) is 116 cm³/mol. The second-order valence-corrected chi connectivity index (χ2v) is 8.84. The molecule has 2 heterocycles. The first-order valence-corrected chi connectivity index (χ1v) is 10.4. The molecular weight excluding hydrogens is 374 g/mol. The number of hydrogen-bond donors (Lipinski definition) is 1. The van der Waals surface area contributed by atoms with E-state index in [0.717, 1.165) is 54.5 Å². The predicted octanol–water partition coefficient (Wildman–Crippen LogP) is 2.11. The fraction of sp³-hybridized carbons (Fsp3) is 0.500. The number of rotatable bonds is 2. The molecule has 2 aromatic rings. The van der Waals surface area contributed by atoms with Crippen molar-refractivity contribution in [1.29, 1.82) is 0 Å². The van der Waals surface area contributed by atoms with Crippen molar-refractivity contribution in [2.24, 2.45) is 16.1 Å². The Morgan fingerprint density at radius 2 is 2.00 bits per heavy atom. The van der Waals surface area contributed by atoms with Crippen LogP contribution in [0.3, 0.4) is 0 Å². The van der Waals surface area contributed by atoms with Gasteiger partial charge in [-0.05, 0) is 61.8 Å². The zero-order valence-corrected chi connectivity index (χ0v) is 17.4. The lowest BCUT2D eigenvalue weighted by molar-refractivity contribution is -0.0256. The molecule has 8 heteroatoms. The fourth-order valence-corrected chi connectivity index (χ4v) is 5.93. The van der Waals surface area contributed by atoms with Crippen molar-refractivity contribution in [2.45, 2.75) is 56.1 Å². The van der Waals surface area contributed by atoms with Gasteiger partial charge in [0.2, 0.25) is 0 Å². The van der Waals surface area contributed by atoms with Gasteiger partial charge < -0.3 is 15.2 Å². The lowest BCUT2D eigenvalue weighted by Crippen LogP contribution is -2.59.